The van der Waals surface area contributed by atoms with Crippen molar-refractivity contribution in [2.45, 2.75) is 19.9 Å². The van der Waals surface area contributed by atoms with Crippen molar-refractivity contribution in [2.24, 2.45) is 0 Å². The molecule has 21 heavy (non-hydrogen) atoms. The van der Waals surface area contributed by atoms with Crippen molar-refractivity contribution in [3.63, 3.8) is 0 Å². The molecule has 0 aliphatic heterocycles. The van der Waals surface area contributed by atoms with Gasteiger partial charge in [0.15, 0.2) is 0 Å². The van der Waals surface area contributed by atoms with Crippen LogP contribution in [0.2, 0.25) is 0 Å². The lowest BCUT2D eigenvalue weighted by Crippen LogP contribution is -2.41. The van der Waals surface area contributed by atoms with Gasteiger partial charge in [0, 0.05) is 23.7 Å². The number of nitrogens with zero attached hydrogens (tertiary/aromatic N) is 2. The van der Waals surface area contributed by atoms with Gasteiger partial charge in [-0.1, -0.05) is 13.2 Å². The van der Waals surface area contributed by atoms with Crippen molar-refractivity contribution in [3.8, 4) is 0 Å². The van der Waals surface area contributed by atoms with E-state index in [0.29, 0.717) is 5.56 Å². The van der Waals surface area contributed by atoms with E-state index in [1.165, 1.54) is 24.3 Å². The summed E-state index contributed by atoms with van der Waals surface area (Å²) < 4.78 is 0. The summed E-state index contributed by atoms with van der Waals surface area (Å²) in [6, 6.07) is 5.06. The van der Waals surface area contributed by atoms with Gasteiger partial charge in [-0.3, -0.25) is 24.6 Å². The molecule has 0 atom stereocenters. The molecule has 6 heteroatoms. The third kappa shape index (κ3) is 3.62. The predicted molar refractivity (Wildman–Crippen MR) is 79.3 cm³/mol. The average Bonchev–Trinajstić information content (AvgIpc) is 2.45. The van der Waals surface area contributed by atoms with Gasteiger partial charge in [-0.25, -0.2) is 0 Å². The van der Waals surface area contributed by atoms with Gasteiger partial charge in [-0.15, -0.1) is 0 Å². The standard InChI is InChI=1S/C15H16N2O4/c1-5-14(18)16(10(2)3)15(19)11(4)12-6-8-13(9-7-12)17(20)21/h5-10H,1,4H2,2-3H3. The summed E-state index contributed by atoms with van der Waals surface area (Å²) in [5.41, 5.74) is 0.434. The maximum absolute atomic E-state index is 12.3. The highest BCUT2D eigenvalue weighted by atomic mass is 16.6. The summed E-state index contributed by atoms with van der Waals surface area (Å²) in [5.74, 6) is -1.07. The number of rotatable bonds is 5. The zero-order valence-corrected chi connectivity index (χ0v) is 11.9. The van der Waals surface area contributed by atoms with E-state index >= 15 is 0 Å². The van der Waals surface area contributed by atoms with Crippen molar-refractivity contribution >= 4 is 23.1 Å². The largest absolute Gasteiger partial charge is 0.272 e. The second-order valence-corrected chi connectivity index (χ2v) is 4.59. The summed E-state index contributed by atoms with van der Waals surface area (Å²) >= 11 is 0. The Balaban J connectivity index is 3.05. The molecule has 0 spiro atoms. The first kappa shape index (κ1) is 16.3. The Labute approximate surface area is 122 Å². The Hall–Kier alpha value is -2.76. The van der Waals surface area contributed by atoms with Crippen LogP contribution in [0.4, 0.5) is 5.69 Å². The maximum Gasteiger partial charge on any atom is 0.269 e. The van der Waals surface area contributed by atoms with Crippen molar-refractivity contribution in [1.29, 1.82) is 0 Å². The monoisotopic (exact) mass is 288 g/mol. The lowest BCUT2D eigenvalue weighted by atomic mass is 10.1. The quantitative estimate of drug-likeness (QED) is 0.473. The highest BCUT2D eigenvalue weighted by Gasteiger charge is 2.25. The van der Waals surface area contributed by atoms with E-state index in [1.54, 1.807) is 13.8 Å². The number of carbonyl (C=O) groups is 2. The minimum atomic E-state index is -0.552. The van der Waals surface area contributed by atoms with Crippen LogP contribution in [0.1, 0.15) is 19.4 Å². The van der Waals surface area contributed by atoms with Crippen LogP contribution in [-0.4, -0.2) is 27.7 Å². The van der Waals surface area contributed by atoms with Gasteiger partial charge in [-0.05, 0) is 37.6 Å². The molecule has 0 heterocycles. The van der Waals surface area contributed by atoms with Crippen LogP contribution < -0.4 is 0 Å². The molecule has 0 bridgehead atoms. The van der Waals surface area contributed by atoms with E-state index in [2.05, 4.69) is 13.2 Å². The fourth-order valence-electron chi connectivity index (χ4n) is 1.74. The topological polar surface area (TPSA) is 80.5 Å². The van der Waals surface area contributed by atoms with Crippen molar-refractivity contribution < 1.29 is 14.5 Å². The molecule has 0 aromatic heterocycles. The smallest absolute Gasteiger partial charge is 0.269 e. The summed E-state index contributed by atoms with van der Waals surface area (Å²) in [4.78, 5) is 35.2. The first-order valence-electron chi connectivity index (χ1n) is 6.23. The zero-order valence-electron chi connectivity index (χ0n) is 11.9. The van der Waals surface area contributed by atoms with Crippen LogP contribution in [0.15, 0.2) is 43.5 Å². The van der Waals surface area contributed by atoms with Crippen LogP contribution >= 0.6 is 0 Å². The molecule has 110 valence electrons. The molecule has 0 aliphatic rings. The van der Waals surface area contributed by atoms with E-state index in [-0.39, 0.29) is 17.3 Å². The molecule has 2 amide bonds. The van der Waals surface area contributed by atoms with Crippen molar-refractivity contribution in [3.05, 3.63) is 59.2 Å². The van der Waals surface area contributed by atoms with Gasteiger partial charge in [0.25, 0.3) is 17.5 Å². The molecule has 0 N–H and O–H groups in total. The molecule has 1 aromatic rings. The summed E-state index contributed by atoms with van der Waals surface area (Å²) in [7, 11) is 0. The lowest BCUT2D eigenvalue weighted by molar-refractivity contribution is -0.384. The van der Waals surface area contributed by atoms with Crippen LogP contribution in [-0.2, 0) is 9.59 Å². The highest BCUT2D eigenvalue weighted by molar-refractivity contribution is 6.24. The van der Waals surface area contributed by atoms with E-state index < -0.39 is 16.7 Å². The molecule has 1 rings (SSSR count). The second-order valence-electron chi connectivity index (χ2n) is 4.59. The normalized spacial score (nSPS) is 10.0. The first-order chi connectivity index (χ1) is 9.79. The van der Waals surface area contributed by atoms with E-state index in [9.17, 15) is 19.7 Å². The van der Waals surface area contributed by atoms with Gasteiger partial charge in [0.2, 0.25) is 0 Å². The Morgan fingerprint density at radius 1 is 1.29 bits per heavy atom. The van der Waals surface area contributed by atoms with Crippen LogP contribution in [0.3, 0.4) is 0 Å². The summed E-state index contributed by atoms with van der Waals surface area (Å²) in [6.07, 6.45) is 1.06. The van der Waals surface area contributed by atoms with E-state index in [1.807, 2.05) is 0 Å². The number of benzene rings is 1. The molecule has 1 aromatic carbocycles. The summed E-state index contributed by atoms with van der Waals surface area (Å²) in [5, 5.41) is 10.6. The van der Waals surface area contributed by atoms with Gasteiger partial charge in [0.05, 0.1) is 4.92 Å². The molecule has 0 saturated carbocycles. The zero-order chi connectivity index (χ0) is 16.2. The Morgan fingerprint density at radius 2 is 1.81 bits per heavy atom. The van der Waals surface area contributed by atoms with Crippen LogP contribution in [0, 0.1) is 10.1 Å². The van der Waals surface area contributed by atoms with Gasteiger partial charge < -0.3 is 0 Å². The number of hydrogen-bond acceptors (Lipinski definition) is 4. The number of hydrogen-bond donors (Lipinski definition) is 0. The molecule has 0 fully saturated rings. The first-order valence-corrected chi connectivity index (χ1v) is 6.23. The summed E-state index contributed by atoms with van der Waals surface area (Å²) in [6.45, 7) is 10.4. The molecular formula is C15H16N2O4. The fourth-order valence-corrected chi connectivity index (χ4v) is 1.74. The fraction of sp³-hybridized carbons (Fsp3) is 0.200. The number of imide groups is 1. The molecule has 0 saturated heterocycles. The number of nitro groups is 1. The Bertz CT molecular complexity index is 603. The number of nitro benzene ring substituents is 1. The van der Waals surface area contributed by atoms with Crippen molar-refractivity contribution in [1.82, 2.24) is 4.90 Å². The van der Waals surface area contributed by atoms with Crippen molar-refractivity contribution in [2.75, 3.05) is 0 Å². The third-order valence-electron chi connectivity index (χ3n) is 2.83. The minimum absolute atomic E-state index is 0.0816. The second kappa shape index (κ2) is 6.60. The van der Waals surface area contributed by atoms with E-state index in [4.69, 9.17) is 0 Å². The van der Waals surface area contributed by atoms with Crippen LogP contribution in [0.5, 0.6) is 0 Å². The number of carbonyl (C=O) groups excluding carboxylic acids is 2. The third-order valence-corrected chi connectivity index (χ3v) is 2.83. The Morgan fingerprint density at radius 3 is 2.19 bits per heavy atom. The van der Waals surface area contributed by atoms with Gasteiger partial charge in [-0.2, -0.15) is 0 Å². The highest BCUT2D eigenvalue weighted by Crippen LogP contribution is 2.20. The maximum atomic E-state index is 12.3. The number of non-ortho nitro benzene ring substituents is 1. The molecule has 0 radical (unpaired) electrons. The van der Waals surface area contributed by atoms with Gasteiger partial charge in [0.1, 0.15) is 0 Å². The lowest BCUT2D eigenvalue weighted by Gasteiger charge is -2.24. The van der Waals surface area contributed by atoms with E-state index in [0.717, 1.165) is 11.0 Å². The SMILES string of the molecule is C=CC(=O)N(C(=O)C(=C)c1ccc([N+](=O)[O-])cc1)C(C)C. The molecule has 0 aliphatic carbocycles. The van der Waals surface area contributed by atoms with Crippen LogP contribution in [0.25, 0.3) is 5.57 Å². The van der Waals surface area contributed by atoms with Gasteiger partial charge >= 0.3 is 0 Å². The average molecular weight is 288 g/mol. The molecule has 0 unspecified atom stereocenters. The molecule has 6 nitrogen and oxygen atoms in total. The predicted octanol–water partition coefficient (Wildman–Crippen LogP) is 2.56. The molecular weight excluding hydrogens is 272 g/mol. The minimum Gasteiger partial charge on any atom is -0.272 e. The Kier molecular flexibility index (Phi) is 5.12. The number of amides is 2.